The first-order valence-corrected chi connectivity index (χ1v) is 8.30. The van der Waals surface area contributed by atoms with Crippen molar-refractivity contribution < 1.29 is 18.4 Å². The minimum absolute atomic E-state index is 0.0666. The molecule has 0 aliphatic heterocycles. The van der Waals surface area contributed by atoms with Crippen molar-refractivity contribution in [2.75, 3.05) is 30.3 Å². The van der Waals surface area contributed by atoms with Gasteiger partial charge >= 0.3 is 0 Å². The Kier molecular flexibility index (Phi) is 7.23. The third-order valence-corrected chi connectivity index (χ3v) is 3.75. The summed E-state index contributed by atoms with van der Waals surface area (Å²) in [6.07, 6.45) is 0.198. The lowest BCUT2D eigenvalue weighted by molar-refractivity contribution is -0.119. The molecule has 0 aromatic heterocycles. The summed E-state index contributed by atoms with van der Waals surface area (Å²) in [4.78, 5) is 25.7. The van der Waals surface area contributed by atoms with Crippen LogP contribution in [-0.2, 0) is 9.59 Å². The van der Waals surface area contributed by atoms with Crippen molar-refractivity contribution in [1.29, 1.82) is 0 Å². The molecular weight excluding hydrogens is 340 g/mol. The van der Waals surface area contributed by atoms with E-state index in [1.807, 2.05) is 25.1 Å². The van der Waals surface area contributed by atoms with Gasteiger partial charge in [-0.1, -0.05) is 31.2 Å². The summed E-state index contributed by atoms with van der Waals surface area (Å²) >= 11 is 0. The smallest absolute Gasteiger partial charge is 0.238 e. The fourth-order valence-electron chi connectivity index (χ4n) is 2.35. The number of carbonyl (C=O) groups excluding carboxylic acids is 2. The number of anilines is 2. The molecule has 2 N–H and O–H groups in total. The van der Waals surface area contributed by atoms with Gasteiger partial charge in [0.2, 0.25) is 11.8 Å². The molecule has 0 bridgehead atoms. The number of benzene rings is 2. The molecule has 0 spiro atoms. The van der Waals surface area contributed by atoms with Crippen molar-refractivity contribution in [3.05, 3.63) is 60.2 Å². The van der Waals surface area contributed by atoms with Crippen molar-refractivity contribution >= 4 is 23.2 Å². The fraction of sp³-hybridized carbons (Fsp3) is 0.263. The zero-order chi connectivity index (χ0) is 18.9. The molecule has 0 aliphatic rings. The van der Waals surface area contributed by atoms with Crippen LogP contribution in [-0.4, -0.2) is 36.3 Å². The third-order valence-electron chi connectivity index (χ3n) is 3.75. The largest absolute Gasteiger partial charge is 0.326 e. The van der Waals surface area contributed by atoms with E-state index in [0.29, 0.717) is 18.8 Å². The molecule has 0 atom stereocenters. The lowest BCUT2D eigenvalue weighted by Gasteiger charge is -2.19. The second kappa shape index (κ2) is 9.62. The molecule has 138 valence electrons. The fourth-order valence-corrected chi connectivity index (χ4v) is 2.35. The Morgan fingerprint density at radius 3 is 2.19 bits per heavy atom. The highest BCUT2D eigenvalue weighted by Gasteiger charge is 2.15. The van der Waals surface area contributed by atoms with Crippen LogP contribution in [0.4, 0.5) is 20.2 Å². The van der Waals surface area contributed by atoms with E-state index in [-0.39, 0.29) is 18.9 Å². The monoisotopic (exact) mass is 361 g/mol. The van der Waals surface area contributed by atoms with E-state index >= 15 is 0 Å². The van der Waals surface area contributed by atoms with Crippen LogP contribution in [0.2, 0.25) is 0 Å². The van der Waals surface area contributed by atoms with Gasteiger partial charge in [0, 0.05) is 18.7 Å². The Morgan fingerprint density at radius 1 is 0.923 bits per heavy atom. The molecule has 0 radical (unpaired) electrons. The van der Waals surface area contributed by atoms with E-state index in [4.69, 9.17) is 0 Å². The van der Waals surface area contributed by atoms with Crippen LogP contribution in [0.3, 0.4) is 0 Å². The van der Waals surface area contributed by atoms with Gasteiger partial charge in [0.15, 0.2) is 0 Å². The molecule has 0 fully saturated rings. The van der Waals surface area contributed by atoms with Crippen molar-refractivity contribution in [3.8, 4) is 0 Å². The minimum Gasteiger partial charge on any atom is -0.326 e. The number of hydrogen-bond donors (Lipinski definition) is 2. The van der Waals surface area contributed by atoms with Crippen LogP contribution in [0.25, 0.3) is 0 Å². The van der Waals surface area contributed by atoms with Gasteiger partial charge in [-0.15, -0.1) is 0 Å². The molecule has 0 saturated heterocycles. The van der Waals surface area contributed by atoms with E-state index < -0.39 is 23.2 Å². The normalized spacial score (nSPS) is 10.6. The zero-order valence-corrected chi connectivity index (χ0v) is 14.5. The van der Waals surface area contributed by atoms with Crippen LogP contribution in [0.1, 0.15) is 13.3 Å². The van der Waals surface area contributed by atoms with Gasteiger partial charge < -0.3 is 10.6 Å². The Labute approximate surface area is 151 Å². The van der Waals surface area contributed by atoms with Crippen molar-refractivity contribution in [2.45, 2.75) is 13.3 Å². The Bertz CT molecular complexity index is 733. The van der Waals surface area contributed by atoms with Crippen LogP contribution < -0.4 is 10.6 Å². The molecule has 2 rings (SSSR count). The zero-order valence-electron chi connectivity index (χ0n) is 14.5. The number of rotatable bonds is 8. The first-order valence-electron chi connectivity index (χ1n) is 8.30. The van der Waals surface area contributed by atoms with Crippen LogP contribution in [0.15, 0.2) is 48.5 Å². The molecule has 2 amide bonds. The molecule has 2 aromatic rings. The predicted octanol–water partition coefficient (Wildman–Crippen LogP) is 3.25. The van der Waals surface area contributed by atoms with Gasteiger partial charge in [0.05, 0.1) is 6.54 Å². The number of para-hydroxylation sites is 2. The van der Waals surface area contributed by atoms with E-state index in [1.165, 1.54) is 6.07 Å². The molecular formula is C19H21F2N3O2. The Balaban J connectivity index is 1.83. The van der Waals surface area contributed by atoms with E-state index in [1.54, 1.807) is 17.0 Å². The summed E-state index contributed by atoms with van der Waals surface area (Å²) in [5.74, 6) is -2.37. The maximum Gasteiger partial charge on any atom is 0.238 e. The second-order valence-corrected chi connectivity index (χ2v) is 5.68. The molecule has 7 heteroatoms. The number of amides is 2. The number of nitrogens with one attached hydrogen (secondary N) is 2. The van der Waals surface area contributed by atoms with Crippen molar-refractivity contribution in [3.63, 3.8) is 0 Å². The lowest BCUT2D eigenvalue weighted by atomic mass is 10.2. The standard InChI is InChI=1S/C19H21F2N3O2/c1-2-24(12-11-17(25)22-14-7-4-3-5-8-14)13-18(26)23-19-15(20)9-6-10-16(19)21/h3-10H,2,11-13H2,1H3,(H,22,25)(H,23,26). The average Bonchev–Trinajstić information content (AvgIpc) is 2.62. The Morgan fingerprint density at radius 2 is 1.58 bits per heavy atom. The quantitative estimate of drug-likeness (QED) is 0.759. The SMILES string of the molecule is CCN(CCC(=O)Nc1ccccc1)CC(=O)Nc1c(F)cccc1F. The summed E-state index contributed by atoms with van der Waals surface area (Å²) in [7, 11) is 0. The molecule has 0 heterocycles. The molecule has 0 unspecified atom stereocenters. The van der Waals surface area contributed by atoms with E-state index in [0.717, 1.165) is 12.1 Å². The molecule has 2 aromatic carbocycles. The number of likely N-dealkylation sites (N-methyl/N-ethyl adjacent to an activating group) is 1. The summed E-state index contributed by atoms with van der Waals surface area (Å²) in [6, 6.07) is 12.4. The summed E-state index contributed by atoms with van der Waals surface area (Å²) in [5.41, 5.74) is 0.240. The highest BCUT2D eigenvalue weighted by molar-refractivity contribution is 5.93. The van der Waals surface area contributed by atoms with Gasteiger partial charge in [-0.05, 0) is 30.8 Å². The summed E-state index contributed by atoms with van der Waals surface area (Å²) in [5, 5.41) is 5.00. The predicted molar refractivity (Wildman–Crippen MR) is 96.8 cm³/mol. The molecule has 0 aliphatic carbocycles. The number of hydrogen-bond acceptors (Lipinski definition) is 3. The first kappa shape index (κ1) is 19.5. The van der Waals surface area contributed by atoms with Gasteiger partial charge in [-0.25, -0.2) is 8.78 Å². The van der Waals surface area contributed by atoms with Crippen molar-refractivity contribution in [1.82, 2.24) is 4.90 Å². The molecule has 26 heavy (non-hydrogen) atoms. The van der Waals surface area contributed by atoms with Crippen LogP contribution >= 0.6 is 0 Å². The second-order valence-electron chi connectivity index (χ2n) is 5.68. The Hall–Kier alpha value is -2.80. The highest BCUT2D eigenvalue weighted by Crippen LogP contribution is 2.17. The van der Waals surface area contributed by atoms with E-state index in [2.05, 4.69) is 10.6 Å². The van der Waals surface area contributed by atoms with Gasteiger partial charge in [-0.3, -0.25) is 14.5 Å². The first-order chi connectivity index (χ1) is 12.5. The van der Waals surface area contributed by atoms with E-state index in [9.17, 15) is 18.4 Å². The van der Waals surface area contributed by atoms with Crippen molar-refractivity contribution in [2.24, 2.45) is 0 Å². The maximum absolute atomic E-state index is 13.6. The van der Waals surface area contributed by atoms with Crippen LogP contribution in [0, 0.1) is 11.6 Å². The number of nitrogens with zero attached hydrogens (tertiary/aromatic N) is 1. The number of carbonyl (C=O) groups is 2. The minimum atomic E-state index is -0.830. The summed E-state index contributed by atoms with van der Waals surface area (Å²) in [6.45, 7) is 2.64. The third kappa shape index (κ3) is 5.93. The topological polar surface area (TPSA) is 61.4 Å². The van der Waals surface area contributed by atoms with Gasteiger partial charge in [-0.2, -0.15) is 0 Å². The van der Waals surface area contributed by atoms with Gasteiger partial charge in [0.1, 0.15) is 17.3 Å². The van der Waals surface area contributed by atoms with Gasteiger partial charge in [0.25, 0.3) is 0 Å². The maximum atomic E-state index is 13.6. The lowest BCUT2D eigenvalue weighted by Crippen LogP contribution is -2.35. The highest BCUT2D eigenvalue weighted by atomic mass is 19.1. The summed E-state index contributed by atoms with van der Waals surface area (Å²) < 4.78 is 27.1. The number of halogens is 2. The average molecular weight is 361 g/mol. The molecule has 5 nitrogen and oxygen atoms in total. The molecule has 0 saturated carbocycles. The van der Waals surface area contributed by atoms with Crippen LogP contribution in [0.5, 0.6) is 0 Å².